The number of carbonyl (C=O) groups is 1. The van der Waals surface area contributed by atoms with Gasteiger partial charge in [-0.15, -0.1) is 0 Å². The number of amides is 1. The summed E-state index contributed by atoms with van der Waals surface area (Å²) < 4.78 is 20.6. The fourth-order valence-corrected chi connectivity index (χ4v) is 4.60. The summed E-state index contributed by atoms with van der Waals surface area (Å²) in [4.78, 5) is 16.7. The van der Waals surface area contributed by atoms with E-state index >= 15 is 0 Å². The lowest BCUT2D eigenvalue weighted by Gasteiger charge is -2.46. The number of alkyl halides is 1. The van der Waals surface area contributed by atoms with Crippen LogP contribution in [0.15, 0.2) is 24.3 Å². The van der Waals surface area contributed by atoms with Crippen LogP contribution < -0.4 is 4.90 Å². The van der Waals surface area contributed by atoms with Crippen molar-refractivity contribution < 1.29 is 13.9 Å². The molecule has 4 rings (SSSR count). The lowest BCUT2D eigenvalue weighted by Crippen LogP contribution is -2.57. The molecule has 3 fully saturated rings. The van der Waals surface area contributed by atoms with E-state index in [2.05, 4.69) is 11.0 Å². The van der Waals surface area contributed by atoms with Gasteiger partial charge in [-0.25, -0.2) is 4.39 Å². The quantitative estimate of drug-likeness (QED) is 0.802. The van der Waals surface area contributed by atoms with Gasteiger partial charge < -0.3 is 14.5 Å². The number of nitrogens with zero attached hydrogens (tertiary/aromatic N) is 3. The molecule has 1 saturated carbocycles. The maximum Gasteiger partial charge on any atom is 0.260 e. The lowest BCUT2D eigenvalue weighted by atomic mass is 9.77. The lowest BCUT2D eigenvalue weighted by molar-refractivity contribution is -0.154. The van der Waals surface area contributed by atoms with E-state index in [0.717, 1.165) is 38.0 Å². The predicted octanol–water partition coefficient (Wildman–Crippen LogP) is 2.90. The van der Waals surface area contributed by atoms with E-state index in [9.17, 15) is 14.4 Å². The Morgan fingerprint density at radius 1 is 1.19 bits per heavy atom. The first-order chi connectivity index (χ1) is 13.0. The molecule has 144 valence electrons. The second-order valence-electron chi connectivity index (χ2n) is 8.29. The van der Waals surface area contributed by atoms with Gasteiger partial charge in [0.05, 0.1) is 24.8 Å². The zero-order chi connectivity index (χ0) is 18.9. The number of benzene rings is 1. The number of carbonyl (C=O) groups excluding carboxylic acids is 1. The average Bonchev–Trinajstić information content (AvgIpc) is 2.88. The van der Waals surface area contributed by atoms with E-state index in [1.54, 1.807) is 11.0 Å². The zero-order valence-corrected chi connectivity index (χ0v) is 15.6. The number of hydrogen-bond acceptors (Lipinski definition) is 4. The normalized spacial score (nSPS) is 27.6. The zero-order valence-electron chi connectivity index (χ0n) is 15.6. The summed E-state index contributed by atoms with van der Waals surface area (Å²) in [5.74, 6) is -0.324. The minimum atomic E-state index is -1.63. The van der Waals surface area contributed by atoms with Crippen LogP contribution in [0.2, 0.25) is 0 Å². The summed E-state index contributed by atoms with van der Waals surface area (Å²) >= 11 is 0. The van der Waals surface area contributed by atoms with Crippen molar-refractivity contribution in [1.29, 1.82) is 5.26 Å². The number of likely N-dealkylation sites (tertiary alicyclic amines) is 1. The smallest absolute Gasteiger partial charge is 0.260 e. The monoisotopic (exact) mass is 371 g/mol. The highest BCUT2D eigenvalue weighted by molar-refractivity contribution is 5.86. The van der Waals surface area contributed by atoms with Crippen molar-refractivity contribution in [2.24, 2.45) is 5.41 Å². The average molecular weight is 371 g/mol. The highest BCUT2D eigenvalue weighted by Crippen LogP contribution is 2.41. The third-order valence-electron chi connectivity index (χ3n) is 6.26. The number of ether oxygens (including phenoxy) is 1. The topological polar surface area (TPSA) is 56.6 Å². The van der Waals surface area contributed by atoms with E-state index in [-0.39, 0.29) is 11.3 Å². The van der Waals surface area contributed by atoms with Gasteiger partial charge in [0.25, 0.3) is 5.91 Å². The fourth-order valence-electron chi connectivity index (χ4n) is 4.60. The molecule has 0 aromatic heterocycles. The number of rotatable bonds is 2. The summed E-state index contributed by atoms with van der Waals surface area (Å²) in [5.41, 5.74) is -0.183. The van der Waals surface area contributed by atoms with Gasteiger partial charge in [-0.1, -0.05) is 6.07 Å². The Hall–Kier alpha value is -2.13. The van der Waals surface area contributed by atoms with E-state index < -0.39 is 5.67 Å². The molecule has 0 bridgehead atoms. The van der Waals surface area contributed by atoms with Gasteiger partial charge in [0.1, 0.15) is 0 Å². The Morgan fingerprint density at radius 3 is 2.78 bits per heavy atom. The second-order valence-corrected chi connectivity index (χ2v) is 8.29. The molecule has 1 amide bonds. The Morgan fingerprint density at radius 2 is 2.04 bits per heavy atom. The van der Waals surface area contributed by atoms with Crippen molar-refractivity contribution in [3.63, 3.8) is 0 Å². The standard InChI is InChI=1S/C21H26FN3O2/c22-21(7-2-8-21)19(26)25-9-3-6-20(15-25)14-24(10-11-27-16-20)18-5-1-4-17(12-18)13-23/h1,4-5,12H,2-3,6-11,14-16H2. The van der Waals surface area contributed by atoms with Crippen LogP contribution >= 0.6 is 0 Å². The number of nitriles is 1. The number of anilines is 1. The van der Waals surface area contributed by atoms with Crippen molar-refractivity contribution in [3.8, 4) is 6.07 Å². The van der Waals surface area contributed by atoms with Crippen molar-refractivity contribution in [1.82, 2.24) is 4.90 Å². The van der Waals surface area contributed by atoms with Crippen molar-refractivity contribution in [2.75, 3.05) is 44.3 Å². The Bertz CT molecular complexity index is 758. The van der Waals surface area contributed by atoms with Crippen LogP contribution in [0.4, 0.5) is 10.1 Å². The first kappa shape index (κ1) is 18.2. The molecule has 5 nitrogen and oxygen atoms in total. The molecule has 1 aliphatic carbocycles. The fraction of sp³-hybridized carbons (Fsp3) is 0.619. The van der Waals surface area contributed by atoms with Crippen LogP contribution in [0, 0.1) is 16.7 Å². The van der Waals surface area contributed by atoms with E-state index in [4.69, 9.17) is 4.74 Å². The SMILES string of the molecule is N#Cc1cccc(N2CCOCC3(CCCN(C(=O)C4(F)CCC4)C3)C2)c1. The van der Waals surface area contributed by atoms with Crippen LogP contribution in [-0.4, -0.2) is 55.9 Å². The molecule has 1 aromatic carbocycles. The van der Waals surface area contributed by atoms with Gasteiger partial charge in [-0.3, -0.25) is 4.79 Å². The van der Waals surface area contributed by atoms with Gasteiger partial charge in [0.2, 0.25) is 0 Å². The van der Waals surface area contributed by atoms with E-state index in [1.807, 2.05) is 18.2 Å². The number of halogens is 1. The summed E-state index contributed by atoms with van der Waals surface area (Å²) in [7, 11) is 0. The Balaban J connectivity index is 1.53. The van der Waals surface area contributed by atoms with Crippen molar-refractivity contribution in [2.45, 2.75) is 37.8 Å². The third kappa shape index (κ3) is 3.53. The molecule has 1 atom stereocenters. The highest BCUT2D eigenvalue weighted by atomic mass is 19.1. The first-order valence-corrected chi connectivity index (χ1v) is 9.85. The minimum Gasteiger partial charge on any atom is -0.379 e. The maximum atomic E-state index is 14.7. The molecule has 3 aliphatic rings. The van der Waals surface area contributed by atoms with E-state index in [1.165, 1.54) is 0 Å². The summed E-state index contributed by atoms with van der Waals surface area (Å²) in [6, 6.07) is 9.80. The Kier molecular flexibility index (Phi) is 4.81. The molecule has 2 aliphatic heterocycles. The molecular formula is C21H26FN3O2. The molecule has 0 N–H and O–H groups in total. The molecule has 2 heterocycles. The molecule has 1 unspecified atom stereocenters. The van der Waals surface area contributed by atoms with Gasteiger partial charge in [0.15, 0.2) is 5.67 Å². The van der Waals surface area contributed by atoms with Crippen LogP contribution in [0.1, 0.15) is 37.7 Å². The van der Waals surface area contributed by atoms with Gasteiger partial charge >= 0.3 is 0 Å². The predicted molar refractivity (Wildman–Crippen MR) is 100 cm³/mol. The highest BCUT2D eigenvalue weighted by Gasteiger charge is 2.49. The van der Waals surface area contributed by atoms with E-state index in [0.29, 0.717) is 44.7 Å². The minimum absolute atomic E-state index is 0.187. The third-order valence-corrected chi connectivity index (χ3v) is 6.26. The summed E-state index contributed by atoms with van der Waals surface area (Å²) in [5, 5.41) is 9.19. The molecule has 0 radical (unpaired) electrons. The van der Waals surface area contributed by atoms with Gasteiger partial charge in [0, 0.05) is 37.3 Å². The number of hydrogen-bond donors (Lipinski definition) is 0. The number of piperidine rings is 1. The van der Waals surface area contributed by atoms with Crippen molar-refractivity contribution >= 4 is 11.6 Å². The molecular weight excluding hydrogens is 345 g/mol. The van der Waals surface area contributed by atoms with Crippen LogP contribution in [0.3, 0.4) is 0 Å². The maximum absolute atomic E-state index is 14.7. The van der Waals surface area contributed by atoms with Crippen LogP contribution in [0.5, 0.6) is 0 Å². The largest absolute Gasteiger partial charge is 0.379 e. The molecule has 1 aromatic rings. The summed E-state index contributed by atoms with van der Waals surface area (Å²) in [6.07, 6.45) is 3.35. The van der Waals surface area contributed by atoms with Crippen LogP contribution in [-0.2, 0) is 9.53 Å². The molecule has 2 saturated heterocycles. The van der Waals surface area contributed by atoms with Crippen molar-refractivity contribution in [3.05, 3.63) is 29.8 Å². The second kappa shape index (κ2) is 7.12. The van der Waals surface area contributed by atoms with Gasteiger partial charge in [-0.2, -0.15) is 5.26 Å². The van der Waals surface area contributed by atoms with Gasteiger partial charge in [-0.05, 0) is 50.3 Å². The summed E-state index contributed by atoms with van der Waals surface area (Å²) in [6.45, 7) is 3.88. The molecule has 27 heavy (non-hydrogen) atoms. The Labute approximate surface area is 159 Å². The first-order valence-electron chi connectivity index (χ1n) is 9.85. The molecule has 1 spiro atoms. The molecule has 6 heteroatoms. The van der Waals surface area contributed by atoms with Crippen LogP contribution in [0.25, 0.3) is 0 Å².